The summed E-state index contributed by atoms with van der Waals surface area (Å²) in [5.74, 6) is -0.946. The normalized spacial score (nSPS) is 10.6. The van der Waals surface area contributed by atoms with Crippen molar-refractivity contribution in [1.82, 2.24) is 0 Å². The van der Waals surface area contributed by atoms with Crippen molar-refractivity contribution in [3.05, 3.63) is 29.8 Å². The molecule has 0 atom stereocenters. The zero-order valence-corrected chi connectivity index (χ0v) is 11.2. The maximum absolute atomic E-state index is 10.5. The summed E-state index contributed by atoms with van der Waals surface area (Å²) in [6, 6.07) is 6.22. The first-order chi connectivity index (χ1) is 6.63. The summed E-state index contributed by atoms with van der Waals surface area (Å²) in [4.78, 5) is 14.6. The molecule has 0 spiro atoms. The van der Waals surface area contributed by atoms with Crippen LogP contribution in [0.25, 0.3) is 0 Å². The molecule has 0 heterocycles. The van der Waals surface area contributed by atoms with Gasteiger partial charge in [-0.2, -0.15) is 0 Å². The third-order valence-corrected chi connectivity index (χ3v) is 2.07. The quantitative estimate of drug-likeness (QED) is 0.493. The lowest BCUT2D eigenvalue weighted by Gasteiger charge is -1.97. The van der Waals surface area contributed by atoms with Crippen LogP contribution in [0.15, 0.2) is 29.3 Å². The van der Waals surface area contributed by atoms with Gasteiger partial charge in [0.1, 0.15) is 0 Å². The Hall–Kier alpha value is -0.760. The minimum absolute atomic E-state index is 0. The van der Waals surface area contributed by atoms with Crippen molar-refractivity contribution in [3.8, 4) is 0 Å². The van der Waals surface area contributed by atoms with E-state index in [1.807, 2.05) is 6.26 Å². The number of rotatable bonds is 2. The van der Waals surface area contributed by atoms with E-state index in [0.29, 0.717) is 10.9 Å². The van der Waals surface area contributed by atoms with Gasteiger partial charge >= 0.3 is 5.97 Å². The summed E-state index contributed by atoms with van der Waals surface area (Å²) < 4.78 is 0. The Balaban J connectivity index is 0.00000196. The van der Waals surface area contributed by atoms with E-state index >= 15 is 0 Å². The highest BCUT2D eigenvalue weighted by molar-refractivity contribution is 14.0. The van der Waals surface area contributed by atoms with E-state index in [2.05, 4.69) is 4.99 Å². The van der Waals surface area contributed by atoms with Gasteiger partial charge in [0.2, 0.25) is 0 Å². The number of hydrogen-bond acceptors (Lipinski definition) is 3. The van der Waals surface area contributed by atoms with Gasteiger partial charge < -0.3 is 10.8 Å². The van der Waals surface area contributed by atoms with Gasteiger partial charge in [-0.25, -0.2) is 9.79 Å². The molecule has 0 aromatic heterocycles. The molecule has 1 aromatic rings. The van der Waals surface area contributed by atoms with E-state index in [1.54, 1.807) is 12.1 Å². The van der Waals surface area contributed by atoms with Crippen molar-refractivity contribution in [2.75, 3.05) is 6.26 Å². The highest BCUT2D eigenvalue weighted by Crippen LogP contribution is 2.14. The van der Waals surface area contributed by atoms with Gasteiger partial charge in [0.05, 0.1) is 11.3 Å². The zero-order chi connectivity index (χ0) is 10.6. The van der Waals surface area contributed by atoms with Gasteiger partial charge in [-0.1, -0.05) is 11.8 Å². The number of nitrogens with zero attached hydrogens (tertiary/aromatic N) is 1. The van der Waals surface area contributed by atoms with E-state index in [9.17, 15) is 4.79 Å². The molecule has 82 valence electrons. The van der Waals surface area contributed by atoms with Crippen LogP contribution in [0, 0.1) is 0 Å². The van der Waals surface area contributed by atoms with Crippen LogP contribution in [0.1, 0.15) is 10.4 Å². The van der Waals surface area contributed by atoms with E-state index in [4.69, 9.17) is 10.8 Å². The van der Waals surface area contributed by atoms with E-state index in [-0.39, 0.29) is 29.5 Å². The molecule has 1 aromatic carbocycles. The Labute approximate surface area is 109 Å². The Morgan fingerprint density at radius 2 is 1.93 bits per heavy atom. The highest BCUT2D eigenvalue weighted by Gasteiger charge is 2.00. The average Bonchev–Trinajstić information content (AvgIpc) is 2.18. The fourth-order valence-corrected chi connectivity index (χ4v) is 1.05. The van der Waals surface area contributed by atoms with Gasteiger partial charge in [0, 0.05) is 0 Å². The standard InChI is InChI=1S/C9H10N2O2S.HI/c1-14-9(10)11-7-4-2-6(3-5-7)8(12)13;/h2-5H,1H3,(H2,10,11)(H,12,13);1H. The second kappa shape index (κ2) is 6.67. The Morgan fingerprint density at radius 1 is 1.40 bits per heavy atom. The minimum atomic E-state index is -0.946. The number of amidine groups is 1. The zero-order valence-electron chi connectivity index (χ0n) is 8.01. The number of carboxylic acids is 1. The Bertz CT molecular complexity index is 365. The summed E-state index contributed by atoms with van der Waals surface area (Å²) in [7, 11) is 0. The minimum Gasteiger partial charge on any atom is -0.478 e. The molecule has 0 fully saturated rings. The highest BCUT2D eigenvalue weighted by atomic mass is 127. The molecular formula is C9H11IN2O2S. The van der Waals surface area contributed by atoms with E-state index < -0.39 is 5.97 Å². The van der Waals surface area contributed by atoms with Crippen molar-refractivity contribution in [3.63, 3.8) is 0 Å². The SMILES string of the molecule is CSC(N)=Nc1ccc(C(=O)O)cc1.I. The summed E-state index contributed by atoms with van der Waals surface area (Å²) in [6.07, 6.45) is 1.82. The van der Waals surface area contributed by atoms with Crippen molar-refractivity contribution in [1.29, 1.82) is 0 Å². The lowest BCUT2D eigenvalue weighted by Crippen LogP contribution is -2.04. The first-order valence-electron chi connectivity index (χ1n) is 3.85. The predicted molar refractivity (Wildman–Crippen MR) is 73.6 cm³/mol. The maximum atomic E-state index is 10.5. The van der Waals surface area contributed by atoms with Crippen LogP contribution in [0.2, 0.25) is 0 Å². The second-order valence-electron chi connectivity index (χ2n) is 2.51. The van der Waals surface area contributed by atoms with Crippen LogP contribution in [0.4, 0.5) is 5.69 Å². The third-order valence-electron chi connectivity index (χ3n) is 1.56. The Morgan fingerprint density at radius 3 is 2.33 bits per heavy atom. The van der Waals surface area contributed by atoms with Gasteiger partial charge in [-0.15, -0.1) is 24.0 Å². The molecular weight excluding hydrogens is 327 g/mol. The molecule has 15 heavy (non-hydrogen) atoms. The number of carbonyl (C=O) groups is 1. The van der Waals surface area contributed by atoms with Gasteiger partial charge in [0.25, 0.3) is 0 Å². The molecule has 0 saturated heterocycles. The van der Waals surface area contributed by atoms with Crippen LogP contribution in [-0.2, 0) is 0 Å². The molecule has 0 aliphatic rings. The topological polar surface area (TPSA) is 75.7 Å². The van der Waals surface area contributed by atoms with Crippen molar-refractivity contribution >= 4 is 52.6 Å². The maximum Gasteiger partial charge on any atom is 0.335 e. The summed E-state index contributed by atoms with van der Waals surface area (Å²) in [5, 5.41) is 9.09. The molecule has 6 heteroatoms. The van der Waals surface area contributed by atoms with Crippen molar-refractivity contribution < 1.29 is 9.90 Å². The number of thioether (sulfide) groups is 1. The summed E-state index contributed by atoms with van der Waals surface area (Å²) in [6.45, 7) is 0. The molecule has 3 N–H and O–H groups in total. The van der Waals surface area contributed by atoms with E-state index in [0.717, 1.165) is 0 Å². The van der Waals surface area contributed by atoms with E-state index in [1.165, 1.54) is 23.9 Å². The molecule has 1 rings (SSSR count). The second-order valence-corrected chi connectivity index (χ2v) is 3.33. The lowest BCUT2D eigenvalue weighted by atomic mass is 10.2. The number of aromatic carboxylic acids is 1. The number of carboxylic acid groups (broad SMARTS) is 1. The number of hydrogen-bond donors (Lipinski definition) is 2. The Kier molecular flexibility index (Phi) is 6.34. The molecule has 0 amide bonds. The third kappa shape index (κ3) is 4.52. The number of halogens is 1. The number of benzene rings is 1. The van der Waals surface area contributed by atoms with Gasteiger partial charge in [0.15, 0.2) is 5.17 Å². The fourth-order valence-electron chi connectivity index (χ4n) is 0.851. The number of aliphatic imine (C=N–C) groups is 1. The largest absolute Gasteiger partial charge is 0.478 e. The van der Waals surface area contributed by atoms with Crippen LogP contribution in [0.3, 0.4) is 0 Å². The van der Waals surface area contributed by atoms with Crippen LogP contribution >= 0.6 is 35.7 Å². The van der Waals surface area contributed by atoms with Gasteiger partial charge in [-0.05, 0) is 30.5 Å². The molecule has 0 unspecified atom stereocenters. The van der Waals surface area contributed by atoms with Crippen LogP contribution in [0.5, 0.6) is 0 Å². The van der Waals surface area contributed by atoms with Crippen molar-refractivity contribution in [2.45, 2.75) is 0 Å². The molecule has 0 aliphatic carbocycles. The molecule has 0 saturated carbocycles. The number of nitrogens with two attached hydrogens (primary N) is 1. The summed E-state index contributed by atoms with van der Waals surface area (Å²) >= 11 is 1.34. The average molecular weight is 338 g/mol. The van der Waals surface area contributed by atoms with Gasteiger partial charge in [-0.3, -0.25) is 0 Å². The lowest BCUT2D eigenvalue weighted by molar-refractivity contribution is 0.0697. The molecule has 0 aliphatic heterocycles. The summed E-state index contributed by atoms with van der Waals surface area (Å²) in [5.41, 5.74) is 6.40. The molecule has 0 bridgehead atoms. The molecule has 0 radical (unpaired) electrons. The first-order valence-corrected chi connectivity index (χ1v) is 5.07. The monoisotopic (exact) mass is 338 g/mol. The smallest absolute Gasteiger partial charge is 0.335 e. The first kappa shape index (κ1) is 14.2. The van der Waals surface area contributed by atoms with Crippen molar-refractivity contribution in [2.24, 2.45) is 10.7 Å². The van der Waals surface area contributed by atoms with Crippen LogP contribution in [-0.4, -0.2) is 22.5 Å². The van der Waals surface area contributed by atoms with Crippen LogP contribution < -0.4 is 5.73 Å². The predicted octanol–water partition coefficient (Wildman–Crippen LogP) is 2.31. The molecule has 4 nitrogen and oxygen atoms in total. The fraction of sp³-hybridized carbons (Fsp3) is 0.111.